The molecule has 1 rings (SSSR count). The van der Waals surface area contributed by atoms with Crippen molar-refractivity contribution in [1.29, 1.82) is 0 Å². The third-order valence-corrected chi connectivity index (χ3v) is 3.11. The molecular weight excluding hydrogens is 264 g/mol. The van der Waals surface area contributed by atoms with Crippen molar-refractivity contribution in [2.75, 3.05) is 6.54 Å². The second kappa shape index (κ2) is 6.43. The van der Waals surface area contributed by atoms with Gasteiger partial charge < -0.3 is 4.74 Å². The predicted octanol–water partition coefficient (Wildman–Crippen LogP) is 3.82. The second-order valence-corrected chi connectivity index (χ2v) is 6.14. The minimum Gasteiger partial charge on any atom is -0.444 e. The van der Waals surface area contributed by atoms with Crippen LogP contribution in [0.3, 0.4) is 0 Å². The highest BCUT2D eigenvalue weighted by Crippen LogP contribution is 2.35. The van der Waals surface area contributed by atoms with Crippen LogP contribution in [-0.4, -0.2) is 35.1 Å². The van der Waals surface area contributed by atoms with Gasteiger partial charge in [-0.1, -0.05) is 5.92 Å². The van der Waals surface area contributed by atoms with Gasteiger partial charge in [-0.15, -0.1) is 5.92 Å². The number of hydrogen-bond acceptors (Lipinski definition) is 2. The van der Waals surface area contributed by atoms with Crippen LogP contribution in [0.4, 0.5) is 13.6 Å². The highest BCUT2D eigenvalue weighted by molar-refractivity contribution is 5.69. The number of alkyl halides is 2. The second-order valence-electron chi connectivity index (χ2n) is 6.14. The summed E-state index contributed by atoms with van der Waals surface area (Å²) in [6.45, 7) is 7.05. The van der Waals surface area contributed by atoms with Crippen LogP contribution in [0, 0.1) is 11.8 Å². The number of halogens is 2. The first kappa shape index (κ1) is 16.7. The Morgan fingerprint density at radius 2 is 2.10 bits per heavy atom. The molecule has 0 bridgehead atoms. The van der Waals surface area contributed by atoms with Gasteiger partial charge in [0.2, 0.25) is 5.92 Å². The smallest absolute Gasteiger partial charge is 0.411 e. The maximum atomic E-state index is 13.5. The molecule has 1 fully saturated rings. The minimum atomic E-state index is -2.71. The summed E-state index contributed by atoms with van der Waals surface area (Å²) in [6.07, 6.45) is 0.00223. The van der Waals surface area contributed by atoms with Crippen LogP contribution in [0.25, 0.3) is 0 Å². The van der Waals surface area contributed by atoms with Crippen molar-refractivity contribution < 1.29 is 18.3 Å². The molecule has 0 heterocycles. The van der Waals surface area contributed by atoms with E-state index >= 15 is 0 Å². The largest absolute Gasteiger partial charge is 0.444 e. The third kappa shape index (κ3) is 5.36. The van der Waals surface area contributed by atoms with E-state index in [1.807, 2.05) is 0 Å². The molecule has 1 atom stereocenters. The molecule has 0 saturated heterocycles. The molecule has 1 unspecified atom stereocenters. The lowest BCUT2D eigenvalue weighted by atomic mass is 9.91. The van der Waals surface area contributed by atoms with Gasteiger partial charge in [-0.05, 0) is 40.5 Å². The lowest BCUT2D eigenvalue weighted by Gasteiger charge is -2.37. The van der Waals surface area contributed by atoms with Crippen molar-refractivity contribution in [2.45, 2.75) is 70.9 Å². The molecule has 0 aliphatic heterocycles. The van der Waals surface area contributed by atoms with Crippen molar-refractivity contribution in [2.24, 2.45) is 0 Å². The van der Waals surface area contributed by atoms with Crippen molar-refractivity contribution in [1.82, 2.24) is 4.90 Å². The molecule has 0 radical (unpaired) electrons. The van der Waals surface area contributed by atoms with E-state index in [-0.39, 0.29) is 19.4 Å². The zero-order valence-electron chi connectivity index (χ0n) is 12.6. The van der Waals surface area contributed by atoms with E-state index in [1.54, 1.807) is 27.7 Å². The monoisotopic (exact) mass is 287 g/mol. The normalized spacial score (nSPS) is 21.6. The van der Waals surface area contributed by atoms with E-state index in [0.717, 1.165) is 0 Å². The molecule has 0 aromatic rings. The first-order valence-electron chi connectivity index (χ1n) is 6.92. The van der Waals surface area contributed by atoms with Crippen molar-refractivity contribution in [3.8, 4) is 11.8 Å². The fourth-order valence-corrected chi connectivity index (χ4v) is 2.24. The topological polar surface area (TPSA) is 29.5 Å². The van der Waals surface area contributed by atoms with Crippen molar-refractivity contribution in [3.05, 3.63) is 0 Å². The van der Waals surface area contributed by atoms with E-state index in [4.69, 9.17) is 4.74 Å². The Balaban J connectivity index is 2.82. The van der Waals surface area contributed by atoms with Crippen LogP contribution in [0.2, 0.25) is 0 Å². The average Bonchev–Trinajstić information content (AvgIpc) is 2.25. The summed E-state index contributed by atoms with van der Waals surface area (Å²) in [5.74, 6) is 2.75. The van der Waals surface area contributed by atoms with E-state index in [9.17, 15) is 13.6 Å². The first-order chi connectivity index (χ1) is 9.14. The van der Waals surface area contributed by atoms with Gasteiger partial charge in [0.05, 0.1) is 6.54 Å². The zero-order valence-corrected chi connectivity index (χ0v) is 12.6. The Morgan fingerprint density at radius 3 is 2.60 bits per heavy atom. The Bertz CT molecular complexity index is 404. The lowest BCUT2D eigenvalue weighted by molar-refractivity contribution is -0.0639. The summed E-state index contributed by atoms with van der Waals surface area (Å²) in [6, 6.07) is -0.505. The molecule has 3 nitrogen and oxygen atoms in total. The van der Waals surface area contributed by atoms with E-state index in [2.05, 4.69) is 11.8 Å². The van der Waals surface area contributed by atoms with E-state index in [0.29, 0.717) is 12.8 Å². The number of carbonyl (C=O) groups excluding carboxylic acids is 1. The summed E-state index contributed by atoms with van der Waals surface area (Å²) in [4.78, 5) is 13.5. The lowest BCUT2D eigenvalue weighted by Crippen LogP contribution is -2.47. The zero-order chi connectivity index (χ0) is 15.4. The number of hydrogen-bond donors (Lipinski definition) is 0. The Morgan fingerprint density at radius 1 is 1.45 bits per heavy atom. The van der Waals surface area contributed by atoms with Gasteiger partial charge in [0, 0.05) is 18.9 Å². The predicted molar refractivity (Wildman–Crippen MR) is 73.6 cm³/mol. The molecule has 1 aliphatic carbocycles. The summed E-state index contributed by atoms with van der Waals surface area (Å²) >= 11 is 0. The average molecular weight is 287 g/mol. The Kier molecular flexibility index (Phi) is 5.38. The maximum Gasteiger partial charge on any atom is 0.411 e. The summed E-state index contributed by atoms with van der Waals surface area (Å²) in [7, 11) is 0. The van der Waals surface area contributed by atoms with Gasteiger partial charge in [-0.3, -0.25) is 4.90 Å². The van der Waals surface area contributed by atoms with Crippen LogP contribution in [0.5, 0.6) is 0 Å². The summed E-state index contributed by atoms with van der Waals surface area (Å²) in [5, 5.41) is 0. The van der Waals surface area contributed by atoms with Gasteiger partial charge in [-0.25, -0.2) is 13.6 Å². The SMILES string of the molecule is CC#CCN(C(=O)OC(C)(C)C)C1CCCC(F)(F)C1. The highest BCUT2D eigenvalue weighted by atomic mass is 19.3. The van der Waals surface area contributed by atoms with E-state index in [1.165, 1.54) is 4.90 Å². The van der Waals surface area contributed by atoms with Crippen LogP contribution in [0.15, 0.2) is 0 Å². The fraction of sp³-hybridized carbons (Fsp3) is 0.800. The summed E-state index contributed by atoms with van der Waals surface area (Å²) < 4.78 is 32.3. The van der Waals surface area contributed by atoms with Crippen LogP contribution in [0.1, 0.15) is 53.4 Å². The Labute approximate surface area is 119 Å². The molecule has 0 aromatic heterocycles. The van der Waals surface area contributed by atoms with Gasteiger partial charge >= 0.3 is 6.09 Å². The number of carbonyl (C=O) groups is 1. The van der Waals surface area contributed by atoms with Gasteiger partial charge in [-0.2, -0.15) is 0 Å². The van der Waals surface area contributed by atoms with Crippen molar-refractivity contribution >= 4 is 6.09 Å². The maximum absolute atomic E-state index is 13.5. The first-order valence-corrected chi connectivity index (χ1v) is 6.92. The quantitative estimate of drug-likeness (QED) is 0.722. The molecule has 0 spiro atoms. The number of rotatable bonds is 2. The molecule has 0 aromatic carbocycles. The Hall–Kier alpha value is -1.31. The van der Waals surface area contributed by atoms with Gasteiger partial charge in [0.1, 0.15) is 5.60 Å². The van der Waals surface area contributed by atoms with Crippen molar-refractivity contribution in [3.63, 3.8) is 0 Å². The molecule has 1 amide bonds. The standard InChI is InChI=1S/C15H23F2NO2/c1-5-6-10-18(13(19)20-14(2,3)4)12-8-7-9-15(16,17)11-12/h12H,7-11H2,1-4H3. The number of amides is 1. The molecular formula is C15H23F2NO2. The van der Waals surface area contributed by atoms with Crippen LogP contribution < -0.4 is 0 Å². The third-order valence-electron chi connectivity index (χ3n) is 3.11. The minimum absolute atomic E-state index is 0.106. The van der Waals surface area contributed by atoms with Gasteiger partial charge in [0.15, 0.2) is 0 Å². The highest BCUT2D eigenvalue weighted by Gasteiger charge is 2.40. The fourth-order valence-electron chi connectivity index (χ4n) is 2.24. The number of ether oxygens (including phenoxy) is 1. The number of nitrogens with zero attached hydrogens (tertiary/aromatic N) is 1. The molecule has 20 heavy (non-hydrogen) atoms. The van der Waals surface area contributed by atoms with Crippen LogP contribution in [-0.2, 0) is 4.74 Å². The summed E-state index contributed by atoms with van der Waals surface area (Å²) in [5.41, 5.74) is -0.647. The molecule has 5 heteroatoms. The van der Waals surface area contributed by atoms with E-state index < -0.39 is 23.7 Å². The van der Waals surface area contributed by atoms with Gasteiger partial charge in [0.25, 0.3) is 0 Å². The molecule has 114 valence electrons. The van der Waals surface area contributed by atoms with Crippen LogP contribution >= 0.6 is 0 Å². The molecule has 0 N–H and O–H groups in total. The molecule has 1 aliphatic rings. The molecule has 1 saturated carbocycles.